The molecule has 3 aromatic rings. The highest BCUT2D eigenvalue weighted by atomic mass is 32.2. The zero-order valence-corrected chi connectivity index (χ0v) is 23.7. The summed E-state index contributed by atoms with van der Waals surface area (Å²) in [6.07, 6.45) is 0.536. The number of nitrogens with zero attached hydrogens (tertiary/aromatic N) is 2. The first-order valence-electron chi connectivity index (χ1n) is 12.7. The fourth-order valence-corrected chi connectivity index (χ4v) is 7.54. The fraction of sp³-hybridized carbons (Fsp3) is 0.310. The number of esters is 1. The van der Waals surface area contributed by atoms with E-state index in [1.165, 1.54) is 23.2 Å². The Bertz CT molecular complexity index is 1350. The lowest BCUT2D eigenvalue weighted by Gasteiger charge is -2.27. The minimum Gasteiger partial charge on any atom is -0.468 e. The fourth-order valence-electron chi connectivity index (χ4n) is 4.46. The van der Waals surface area contributed by atoms with Gasteiger partial charge in [-0.05, 0) is 42.3 Å². The first-order chi connectivity index (χ1) is 18.8. The second kappa shape index (κ2) is 13.3. The molecule has 0 bridgehead atoms. The highest BCUT2D eigenvalue weighted by molar-refractivity contribution is 8.02. The molecule has 1 amide bonds. The summed E-state index contributed by atoms with van der Waals surface area (Å²) in [6.45, 7) is 0.922. The summed E-state index contributed by atoms with van der Waals surface area (Å²) in [7, 11) is -0.725. The van der Waals surface area contributed by atoms with Gasteiger partial charge in [-0.3, -0.25) is 14.5 Å². The summed E-state index contributed by atoms with van der Waals surface area (Å²) in [6, 6.07) is 25.7. The number of likely N-dealkylation sites (N-methyl/N-ethyl adjacent to an activating group) is 1. The van der Waals surface area contributed by atoms with E-state index in [0.29, 0.717) is 18.7 Å². The van der Waals surface area contributed by atoms with Gasteiger partial charge in [0.2, 0.25) is 15.9 Å². The van der Waals surface area contributed by atoms with Crippen molar-refractivity contribution < 1.29 is 22.7 Å². The van der Waals surface area contributed by atoms with E-state index in [1.807, 2.05) is 72.6 Å². The monoisotopic (exact) mass is 567 g/mol. The van der Waals surface area contributed by atoms with Crippen molar-refractivity contribution in [2.75, 3.05) is 39.5 Å². The largest absolute Gasteiger partial charge is 0.468 e. The number of rotatable bonds is 11. The standard InChI is InChI=1S/C29H33N3O5S2/c1-31(21-27(33)37-2)18-17-26(24-11-7-4-8-12-24)30-28(34)29-32(19-20-38-29)39(35,36)25-15-13-23(14-16-25)22-9-5-3-6-10-22/h3-16,26,29H,17-21H2,1-2H3,(H,30,34)/t26-,29-/m0/s1. The Morgan fingerprint density at radius 2 is 1.62 bits per heavy atom. The van der Waals surface area contributed by atoms with E-state index in [4.69, 9.17) is 4.74 Å². The number of nitrogens with one attached hydrogen (secondary N) is 1. The maximum atomic E-state index is 13.6. The maximum absolute atomic E-state index is 13.6. The number of benzene rings is 3. The number of methoxy groups -OCH3 is 1. The smallest absolute Gasteiger partial charge is 0.319 e. The van der Waals surface area contributed by atoms with Crippen LogP contribution in [0.5, 0.6) is 0 Å². The molecule has 1 aliphatic heterocycles. The Morgan fingerprint density at radius 3 is 2.26 bits per heavy atom. The first kappa shape index (κ1) is 28.8. The van der Waals surface area contributed by atoms with E-state index < -0.39 is 15.4 Å². The Labute approximate surface area is 234 Å². The van der Waals surface area contributed by atoms with Gasteiger partial charge in [0.15, 0.2) is 0 Å². The van der Waals surface area contributed by atoms with E-state index in [9.17, 15) is 18.0 Å². The number of amides is 1. The minimum absolute atomic E-state index is 0.138. The molecule has 39 heavy (non-hydrogen) atoms. The van der Waals surface area contributed by atoms with Crippen LogP contribution in [0.2, 0.25) is 0 Å². The van der Waals surface area contributed by atoms with Crippen molar-refractivity contribution >= 4 is 33.7 Å². The van der Waals surface area contributed by atoms with E-state index in [1.54, 1.807) is 24.3 Å². The molecule has 0 unspecified atom stereocenters. The summed E-state index contributed by atoms with van der Waals surface area (Å²) in [4.78, 5) is 27.1. The van der Waals surface area contributed by atoms with Gasteiger partial charge in [-0.1, -0.05) is 72.8 Å². The van der Waals surface area contributed by atoms with Crippen molar-refractivity contribution in [2.45, 2.75) is 22.7 Å². The molecule has 1 saturated heterocycles. The van der Waals surface area contributed by atoms with Crippen molar-refractivity contribution in [1.82, 2.24) is 14.5 Å². The summed E-state index contributed by atoms with van der Waals surface area (Å²) < 4.78 is 33.2. The SMILES string of the molecule is COC(=O)CN(C)CC[C@H](NC(=O)[C@@H]1SCCN1S(=O)(=O)c1ccc(-c2ccccc2)cc1)c1ccccc1. The van der Waals surface area contributed by atoms with Crippen molar-refractivity contribution in [3.8, 4) is 11.1 Å². The molecule has 4 rings (SSSR count). The number of carbonyl (C=O) groups excluding carboxylic acids is 2. The van der Waals surface area contributed by atoms with Crippen LogP contribution in [0.1, 0.15) is 18.0 Å². The second-order valence-electron chi connectivity index (χ2n) is 9.30. The van der Waals surface area contributed by atoms with Crippen molar-refractivity contribution in [1.29, 1.82) is 0 Å². The molecule has 1 N–H and O–H groups in total. The Morgan fingerprint density at radius 1 is 1.00 bits per heavy atom. The molecule has 3 aromatic carbocycles. The number of sulfonamides is 1. The lowest BCUT2D eigenvalue weighted by Crippen LogP contribution is -2.46. The topological polar surface area (TPSA) is 96.0 Å². The molecule has 0 saturated carbocycles. The lowest BCUT2D eigenvalue weighted by molar-refractivity contribution is -0.141. The van der Waals surface area contributed by atoms with Gasteiger partial charge in [0.25, 0.3) is 0 Å². The molecule has 0 aliphatic carbocycles. The number of hydrogen-bond acceptors (Lipinski definition) is 7. The predicted molar refractivity (Wildman–Crippen MR) is 153 cm³/mol. The zero-order chi connectivity index (χ0) is 27.8. The first-order valence-corrected chi connectivity index (χ1v) is 15.2. The van der Waals surface area contributed by atoms with Crippen molar-refractivity contribution in [3.63, 3.8) is 0 Å². The summed E-state index contributed by atoms with van der Waals surface area (Å²) in [5.41, 5.74) is 2.83. The van der Waals surface area contributed by atoms with Gasteiger partial charge in [0.1, 0.15) is 5.37 Å². The van der Waals surface area contributed by atoms with Crippen LogP contribution >= 0.6 is 11.8 Å². The van der Waals surface area contributed by atoms with Gasteiger partial charge in [-0.25, -0.2) is 8.42 Å². The van der Waals surface area contributed by atoms with Crippen molar-refractivity contribution in [3.05, 3.63) is 90.5 Å². The Kier molecular flexibility index (Phi) is 9.79. The molecule has 10 heteroatoms. The normalized spacial score (nSPS) is 16.6. The third-order valence-corrected chi connectivity index (χ3v) is 9.80. The lowest BCUT2D eigenvalue weighted by atomic mass is 10.0. The summed E-state index contributed by atoms with van der Waals surface area (Å²) in [5.74, 6) is -0.165. The second-order valence-corrected chi connectivity index (χ2v) is 12.4. The van der Waals surface area contributed by atoms with Gasteiger partial charge in [-0.15, -0.1) is 11.8 Å². The molecule has 1 aliphatic rings. The highest BCUT2D eigenvalue weighted by Crippen LogP contribution is 2.32. The number of ether oxygens (including phenoxy) is 1. The van der Waals surface area contributed by atoms with E-state index in [0.717, 1.165) is 16.7 Å². The average molecular weight is 568 g/mol. The van der Waals surface area contributed by atoms with Crippen LogP contribution in [-0.4, -0.2) is 74.4 Å². The van der Waals surface area contributed by atoms with Crippen molar-refractivity contribution in [2.24, 2.45) is 0 Å². The molecular formula is C29H33N3O5S2. The number of carbonyl (C=O) groups is 2. The van der Waals surface area contributed by atoms with Gasteiger partial charge < -0.3 is 10.1 Å². The molecule has 2 atom stereocenters. The maximum Gasteiger partial charge on any atom is 0.319 e. The van der Waals surface area contributed by atoms with Crippen LogP contribution in [0.15, 0.2) is 89.8 Å². The van der Waals surface area contributed by atoms with Crippen LogP contribution < -0.4 is 5.32 Å². The molecule has 1 heterocycles. The predicted octanol–water partition coefficient (Wildman–Crippen LogP) is 3.77. The highest BCUT2D eigenvalue weighted by Gasteiger charge is 2.40. The summed E-state index contributed by atoms with van der Waals surface area (Å²) >= 11 is 1.32. The van der Waals surface area contributed by atoms with Crippen LogP contribution in [0.3, 0.4) is 0 Å². The van der Waals surface area contributed by atoms with E-state index in [-0.39, 0.29) is 35.9 Å². The molecule has 0 radical (unpaired) electrons. The average Bonchev–Trinajstić information content (AvgIpc) is 3.47. The summed E-state index contributed by atoms with van der Waals surface area (Å²) in [5, 5.41) is 2.20. The van der Waals surface area contributed by atoms with Crippen LogP contribution in [0.4, 0.5) is 0 Å². The third kappa shape index (κ3) is 7.27. The van der Waals surface area contributed by atoms with Crippen LogP contribution in [0.25, 0.3) is 11.1 Å². The van der Waals surface area contributed by atoms with Gasteiger partial charge in [-0.2, -0.15) is 4.31 Å². The van der Waals surface area contributed by atoms with Crippen LogP contribution in [0, 0.1) is 0 Å². The van der Waals surface area contributed by atoms with Gasteiger partial charge in [0.05, 0.1) is 24.6 Å². The number of hydrogen-bond donors (Lipinski definition) is 1. The van der Waals surface area contributed by atoms with Gasteiger partial charge in [0, 0.05) is 18.8 Å². The minimum atomic E-state index is -3.88. The van der Waals surface area contributed by atoms with E-state index >= 15 is 0 Å². The third-order valence-electron chi connectivity index (χ3n) is 6.59. The molecule has 0 spiro atoms. The molecule has 8 nitrogen and oxygen atoms in total. The zero-order valence-electron chi connectivity index (χ0n) is 22.0. The van der Waals surface area contributed by atoms with Gasteiger partial charge >= 0.3 is 5.97 Å². The molecule has 1 fully saturated rings. The van der Waals surface area contributed by atoms with E-state index in [2.05, 4.69) is 5.32 Å². The van der Waals surface area contributed by atoms with Crippen LogP contribution in [-0.2, 0) is 24.3 Å². The molecular weight excluding hydrogens is 534 g/mol. The molecule has 206 valence electrons. The Balaban J connectivity index is 1.48. The Hall–Kier alpha value is -3.18. The molecule has 0 aromatic heterocycles. The quantitative estimate of drug-likeness (QED) is 0.353. The number of thioether (sulfide) groups is 1.